The molecule has 1 amide bonds. The van der Waals surface area contributed by atoms with Crippen molar-refractivity contribution < 1.29 is 4.79 Å². The zero-order valence-electron chi connectivity index (χ0n) is 10.8. The number of anilines is 1. The van der Waals surface area contributed by atoms with Crippen molar-refractivity contribution in [3.63, 3.8) is 0 Å². The first-order chi connectivity index (χ1) is 8.65. The summed E-state index contributed by atoms with van der Waals surface area (Å²) < 4.78 is 0. The quantitative estimate of drug-likeness (QED) is 0.811. The molecule has 0 bridgehead atoms. The zero-order valence-corrected chi connectivity index (χ0v) is 11.6. The van der Waals surface area contributed by atoms with Gasteiger partial charge in [-0.05, 0) is 30.4 Å². The first-order valence-electron chi connectivity index (χ1n) is 6.23. The molecule has 1 N–H and O–H groups in total. The molecule has 1 aliphatic carbocycles. The minimum atomic E-state index is 0.151. The molecule has 1 aromatic rings. The Kier molecular flexibility index (Phi) is 3.97. The lowest BCUT2D eigenvalue weighted by Crippen LogP contribution is -2.13. The van der Waals surface area contributed by atoms with Crippen molar-refractivity contribution in [1.29, 1.82) is 0 Å². The standard InChI is InChI=1S/C14H18N2OS/c1-4-10-7-13(18-12(10)8-15-5-2)16-14(17)11-6-9(11)3/h5,7-9,11H,2,4,6H2,1,3H3,(H,16,17). The third kappa shape index (κ3) is 2.88. The van der Waals surface area contributed by atoms with E-state index in [0.29, 0.717) is 5.92 Å². The Morgan fingerprint density at radius 1 is 1.72 bits per heavy atom. The average molecular weight is 262 g/mol. The number of aryl methyl sites for hydroxylation is 1. The molecule has 2 atom stereocenters. The van der Waals surface area contributed by atoms with Gasteiger partial charge in [0.2, 0.25) is 5.91 Å². The predicted octanol–water partition coefficient (Wildman–Crippen LogP) is 3.47. The van der Waals surface area contributed by atoms with Crippen molar-refractivity contribution in [1.82, 2.24) is 0 Å². The van der Waals surface area contributed by atoms with E-state index in [0.717, 1.165) is 22.7 Å². The molecule has 1 aromatic heterocycles. The predicted molar refractivity (Wildman–Crippen MR) is 77.4 cm³/mol. The molecule has 0 spiro atoms. The third-order valence-corrected chi connectivity index (χ3v) is 4.24. The molecule has 0 saturated heterocycles. The Labute approximate surface area is 112 Å². The Balaban J connectivity index is 2.09. The molecule has 1 fully saturated rings. The lowest BCUT2D eigenvalue weighted by Gasteiger charge is -1.99. The van der Waals surface area contributed by atoms with E-state index in [1.807, 2.05) is 6.07 Å². The SMILES string of the molecule is C=CN=Cc1sc(NC(=O)C2CC2C)cc1CC. The number of thiophene rings is 1. The smallest absolute Gasteiger partial charge is 0.228 e. The maximum atomic E-state index is 11.9. The molecule has 18 heavy (non-hydrogen) atoms. The van der Waals surface area contributed by atoms with E-state index in [2.05, 4.69) is 30.7 Å². The molecular weight excluding hydrogens is 244 g/mol. The van der Waals surface area contributed by atoms with E-state index in [1.165, 1.54) is 11.8 Å². The number of rotatable bonds is 5. The largest absolute Gasteiger partial charge is 0.317 e. The highest BCUT2D eigenvalue weighted by atomic mass is 32.1. The van der Waals surface area contributed by atoms with Crippen LogP contribution in [0.15, 0.2) is 23.8 Å². The van der Waals surface area contributed by atoms with Gasteiger partial charge >= 0.3 is 0 Å². The fraction of sp³-hybridized carbons (Fsp3) is 0.429. The number of nitrogens with zero attached hydrogens (tertiary/aromatic N) is 1. The first-order valence-corrected chi connectivity index (χ1v) is 7.05. The van der Waals surface area contributed by atoms with Gasteiger partial charge < -0.3 is 5.32 Å². The van der Waals surface area contributed by atoms with Gasteiger partial charge in [0.1, 0.15) is 0 Å². The number of carbonyl (C=O) groups is 1. The summed E-state index contributed by atoms with van der Waals surface area (Å²) in [6, 6.07) is 2.04. The van der Waals surface area contributed by atoms with E-state index in [1.54, 1.807) is 17.6 Å². The first kappa shape index (κ1) is 13.0. The summed E-state index contributed by atoms with van der Waals surface area (Å²) in [6.07, 6.45) is 5.27. The van der Waals surface area contributed by atoms with Gasteiger partial charge in [0, 0.05) is 18.3 Å². The van der Waals surface area contributed by atoms with Gasteiger partial charge in [0.25, 0.3) is 0 Å². The van der Waals surface area contributed by atoms with E-state index < -0.39 is 0 Å². The number of hydrogen-bond acceptors (Lipinski definition) is 3. The van der Waals surface area contributed by atoms with Crippen LogP contribution in [0.5, 0.6) is 0 Å². The molecular formula is C14H18N2OS. The average Bonchev–Trinajstić information content (AvgIpc) is 2.96. The normalized spacial score (nSPS) is 22.1. The summed E-state index contributed by atoms with van der Waals surface area (Å²) in [7, 11) is 0. The fourth-order valence-corrected chi connectivity index (χ4v) is 2.95. The Bertz CT molecular complexity index is 490. The number of carbonyl (C=O) groups excluding carboxylic acids is 1. The second-order valence-corrected chi connectivity index (χ2v) is 5.71. The Morgan fingerprint density at radius 3 is 3.00 bits per heavy atom. The van der Waals surface area contributed by atoms with E-state index >= 15 is 0 Å². The molecule has 2 unspecified atom stereocenters. The summed E-state index contributed by atoms with van der Waals surface area (Å²) in [6.45, 7) is 7.77. The highest BCUT2D eigenvalue weighted by Gasteiger charge is 2.39. The van der Waals surface area contributed by atoms with Crippen LogP contribution in [-0.4, -0.2) is 12.1 Å². The van der Waals surface area contributed by atoms with E-state index in [9.17, 15) is 4.79 Å². The van der Waals surface area contributed by atoms with Gasteiger partial charge in [0.15, 0.2) is 0 Å². The summed E-state index contributed by atoms with van der Waals surface area (Å²) in [5.74, 6) is 0.901. The van der Waals surface area contributed by atoms with Crippen LogP contribution >= 0.6 is 11.3 Å². The number of amides is 1. The monoisotopic (exact) mass is 262 g/mol. The van der Waals surface area contributed by atoms with Crippen LogP contribution in [0, 0.1) is 11.8 Å². The van der Waals surface area contributed by atoms with Gasteiger partial charge in [-0.25, -0.2) is 0 Å². The highest BCUT2D eigenvalue weighted by Crippen LogP contribution is 2.39. The lowest BCUT2D eigenvalue weighted by atomic mass is 10.2. The molecule has 0 aliphatic heterocycles. The van der Waals surface area contributed by atoms with Crippen molar-refractivity contribution >= 4 is 28.5 Å². The molecule has 4 heteroatoms. The molecule has 1 saturated carbocycles. The van der Waals surface area contributed by atoms with E-state index in [4.69, 9.17) is 0 Å². The molecule has 0 aromatic carbocycles. The molecule has 0 radical (unpaired) electrons. The van der Waals surface area contributed by atoms with Crippen LogP contribution in [0.2, 0.25) is 0 Å². The molecule has 1 heterocycles. The number of nitrogens with one attached hydrogen (secondary N) is 1. The molecule has 3 nitrogen and oxygen atoms in total. The second kappa shape index (κ2) is 5.48. The number of aliphatic imine (C=N–C) groups is 1. The van der Waals surface area contributed by atoms with Crippen LogP contribution in [0.25, 0.3) is 0 Å². The minimum absolute atomic E-state index is 0.151. The van der Waals surface area contributed by atoms with Crippen LogP contribution in [0.4, 0.5) is 5.00 Å². The molecule has 2 rings (SSSR count). The Hall–Kier alpha value is -1.42. The fourth-order valence-electron chi connectivity index (χ4n) is 1.91. The maximum absolute atomic E-state index is 11.9. The Morgan fingerprint density at radius 2 is 2.44 bits per heavy atom. The van der Waals surface area contributed by atoms with Crippen LogP contribution < -0.4 is 5.32 Å². The van der Waals surface area contributed by atoms with Crippen molar-refractivity contribution in [3.8, 4) is 0 Å². The van der Waals surface area contributed by atoms with Crippen LogP contribution in [0.1, 0.15) is 30.7 Å². The van der Waals surface area contributed by atoms with Gasteiger partial charge in [0.05, 0.1) is 9.88 Å². The minimum Gasteiger partial charge on any atom is -0.317 e. The van der Waals surface area contributed by atoms with Gasteiger partial charge in [-0.1, -0.05) is 20.4 Å². The van der Waals surface area contributed by atoms with Gasteiger partial charge in [-0.15, -0.1) is 11.3 Å². The highest BCUT2D eigenvalue weighted by molar-refractivity contribution is 7.18. The summed E-state index contributed by atoms with van der Waals surface area (Å²) in [5.41, 5.74) is 1.21. The number of hydrogen-bond donors (Lipinski definition) is 1. The second-order valence-electron chi connectivity index (χ2n) is 4.62. The third-order valence-electron chi connectivity index (χ3n) is 3.21. The van der Waals surface area contributed by atoms with E-state index in [-0.39, 0.29) is 11.8 Å². The topological polar surface area (TPSA) is 41.5 Å². The summed E-state index contributed by atoms with van der Waals surface area (Å²) in [4.78, 5) is 17.0. The van der Waals surface area contributed by atoms with Crippen LogP contribution in [-0.2, 0) is 11.2 Å². The van der Waals surface area contributed by atoms with Crippen molar-refractivity contribution in [2.24, 2.45) is 16.8 Å². The zero-order chi connectivity index (χ0) is 13.1. The summed E-state index contributed by atoms with van der Waals surface area (Å²) in [5, 5.41) is 3.92. The van der Waals surface area contributed by atoms with Gasteiger partial charge in [-0.3, -0.25) is 9.79 Å². The van der Waals surface area contributed by atoms with Crippen molar-refractivity contribution in [2.45, 2.75) is 26.7 Å². The van der Waals surface area contributed by atoms with Gasteiger partial charge in [-0.2, -0.15) is 0 Å². The lowest BCUT2D eigenvalue weighted by molar-refractivity contribution is -0.117. The maximum Gasteiger partial charge on any atom is 0.228 e. The van der Waals surface area contributed by atoms with Crippen LogP contribution in [0.3, 0.4) is 0 Å². The molecule has 1 aliphatic rings. The summed E-state index contributed by atoms with van der Waals surface area (Å²) >= 11 is 1.57. The van der Waals surface area contributed by atoms with Crippen molar-refractivity contribution in [3.05, 3.63) is 29.3 Å². The van der Waals surface area contributed by atoms with Crippen molar-refractivity contribution in [2.75, 3.05) is 5.32 Å². The molecule has 96 valence electrons.